The Morgan fingerprint density at radius 1 is 0.375 bits per heavy atom. The van der Waals surface area contributed by atoms with E-state index in [1.54, 1.807) is 0 Å². The van der Waals surface area contributed by atoms with Crippen molar-refractivity contribution in [3.05, 3.63) is 0 Å². The average molecular weight is 541 g/mol. The molecule has 0 N–H and O–H groups in total. The van der Waals surface area contributed by atoms with Crippen LogP contribution in [0.3, 0.4) is 0 Å². The molecule has 0 heterocycles. The van der Waals surface area contributed by atoms with Crippen molar-refractivity contribution in [2.24, 2.45) is 0 Å². The molecule has 0 nitrogen and oxygen atoms in total. The first-order valence-corrected chi connectivity index (χ1v) is 0. The molecular weight excluding hydrogens is 539 g/mol. The number of hydrogen-bond acceptors (Lipinski definition) is 0. The van der Waals surface area contributed by atoms with E-state index in [0.29, 0.717) is 0 Å². The van der Waals surface area contributed by atoms with E-state index in [0.717, 1.165) is 0 Å². The first kappa shape index (κ1) is 105. The van der Waals surface area contributed by atoms with Gasteiger partial charge < -0.3 is 74.4 Å². The van der Waals surface area contributed by atoms with E-state index in [2.05, 4.69) is 0 Å². The third-order valence-electron chi connectivity index (χ3n) is 0. The summed E-state index contributed by atoms with van der Waals surface area (Å²) in [6.45, 7) is 0. The minimum atomic E-state index is 0. The van der Waals surface area contributed by atoms with Gasteiger partial charge in [-0.2, -0.15) is 0 Å². The van der Waals surface area contributed by atoms with Gasteiger partial charge in [0, 0.05) is 27.3 Å². The van der Waals surface area contributed by atoms with E-state index >= 15 is 0 Å². The third kappa shape index (κ3) is 56.5. The Morgan fingerprint density at radius 3 is 0.375 bits per heavy atom. The molecule has 8 heavy (non-hydrogen) atoms. The van der Waals surface area contributed by atoms with Gasteiger partial charge in [-0.3, -0.25) is 0 Å². The van der Waals surface area contributed by atoms with Crippen LogP contribution in [0.5, 0.6) is 0 Å². The molecule has 0 rings (SSSR count). The van der Waals surface area contributed by atoms with Gasteiger partial charge in [-0.1, -0.05) is 0 Å². The Morgan fingerprint density at radius 2 is 0.375 bits per heavy atom. The molecule has 0 aliphatic heterocycles. The summed E-state index contributed by atoms with van der Waals surface area (Å²) in [5.74, 6) is 0. The van der Waals surface area contributed by atoms with Crippen molar-refractivity contribution >= 4 is 51.2 Å². The van der Waals surface area contributed by atoms with Gasteiger partial charge in [-0.05, 0) is 0 Å². The fraction of sp³-hybridized carbons (Fsp3) is 0. The zero-order valence-electron chi connectivity index (χ0n) is 3.47. The molecule has 0 amide bonds. The fourth-order valence-electron chi connectivity index (χ4n) is 0. The van der Waals surface area contributed by atoms with Crippen LogP contribution in [0.25, 0.3) is 0 Å². The first-order chi connectivity index (χ1) is 0. The molecule has 0 unspecified atom stereocenters. The molecule has 56 valence electrons. The maximum atomic E-state index is 0. The zero-order chi connectivity index (χ0) is 0. The summed E-state index contributed by atoms with van der Waals surface area (Å²) < 4.78 is 0. The van der Waals surface area contributed by atoms with Crippen LogP contribution in [0.1, 0.15) is 0 Å². The molecule has 0 bridgehead atoms. The standard InChI is InChI=1S/6ClH.Pb.Sn.2H/h6*1H;;;;/q;;;;;;;+2;;/p-6. The quantitative estimate of drug-likeness (QED) is 0.268. The summed E-state index contributed by atoms with van der Waals surface area (Å²) >= 11 is 0. The van der Waals surface area contributed by atoms with Crippen LogP contribution >= 0.6 is 0 Å². The minimum absolute atomic E-state index is 0. The molecule has 8 heteroatoms. The molecule has 0 saturated heterocycles. The number of rotatable bonds is 0. The molecule has 4 radical (unpaired) electrons. The van der Waals surface area contributed by atoms with Crippen LogP contribution in [-0.2, 0) is 0 Å². The van der Waals surface area contributed by atoms with Crippen molar-refractivity contribution in [1.82, 2.24) is 0 Å². The van der Waals surface area contributed by atoms with Crippen molar-refractivity contribution in [3.8, 4) is 0 Å². The number of hydrogen-bond donors (Lipinski definition) is 0. The summed E-state index contributed by atoms with van der Waals surface area (Å²) in [6.07, 6.45) is 0. The Hall–Kier alpha value is 3.46. The Bertz CT molecular complexity index is 8.49. The van der Waals surface area contributed by atoms with Crippen LogP contribution in [0.2, 0.25) is 0 Å². The van der Waals surface area contributed by atoms with Gasteiger partial charge in [0.25, 0.3) is 0 Å². The van der Waals surface area contributed by atoms with E-state index in [4.69, 9.17) is 0 Å². The molecule has 0 aromatic rings. The van der Waals surface area contributed by atoms with Gasteiger partial charge in [-0.15, -0.1) is 0 Å². The normalized spacial score (nSPS) is 0. The van der Waals surface area contributed by atoms with Crippen molar-refractivity contribution in [3.63, 3.8) is 0 Å². The van der Waals surface area contributed by atoms with Crippen molar-refractivity contribution in [2.45, 2.75) is 0 Å². The van der Waals surface area contributed by atoms with Crippen molar-refractivity contribution in [1.29, 1.82) is 0 Å². The molecule has 0 aliphatic rings. The zero-order valence-corrected chi connectivity index (χ0v) is 15.9. The van der Waals surface area contributed by atoms with Gasteiger partial charge in [-0.25, -0.2) is 0 Å². The van der Waals surface area contributed by atoms with E-state index in [1.165, 1.54) is 0 Å². The van der Waals surface area contributed by atoms with Crippen LogP contribution < -0.4 is 74.4 Å². The van der Waals surface area contributed by atoms with Gasteiger partial charge in [0.1, 0.15) is 0 Å². The summed E-state index contributed by atoms with van der Waals surface area (Å²) in [6, 6.07) is 0. The SMILES string of the molecule is [Cl-].[Cl-].[Cl-].[Cl-].[Cl-].[Cl-].[Pb].[SnH2+2]. The number of halogens is 6. The predicted octanol–water partition coefficient (Wildman–Crippen LogP) is -19.3. The van der Waals surface area contributed by atoms with Gasteiger partial charge in [0.05, 0.1) is 0 Å². The van der Waals surface area contributed by atoms with Crippen LogP contribution in [0.15, 0.2) is 0 Å². The molecule has 0 atom stereocenters. The Balaban J connectivity index is 0. The van der Waals surface area contributed by atoms with Gasteiger partial charge >= 0.3 is 23.9 Å². The summed E-state index contributed by atoms with van der Waals surface area (Å²) in [7, 11) is 0. The second-order valence-corrected chi connectivity index (χ2v) is 0. The second kappa shape index (κ2) is 78.2. The van der Waals surface area contributed by atoms with E-state index in [-0.39, 0.29) is 126 Å². The molecule has 0 spiro atoms. The van der Waals surface area contributed by atoms with Gasteiger partial charge in [0.15, 0.2) is 0 Å². The topological polar surface area (TPSA) is 0 Å². The molecule has 0 saturated carbocycles. The second-order valence-electron chi connectivity index (χ2n) is 0. The van der Waals surface area contributed by atoms with Crippen molar-refractivity contribution < 1.29 is 74.4 Å². The summed E-state index contributed by atoms with van der Waals surface area (Å²) in [4.78, 5) is 0. The maximum absolute atomic E-state index is 0. The van der Waals surface area contributed by atoms with E-state index < -0.39 is 0 Å². The molecule has 0 aliphatic carbocycles. The molecule has 0 fully saturated rings. The Kier molecular flexibility index (Phi) is 1020. The molecule has 0 aromatic carbocycles. The predicted molar refractivity (Wildman–Crippen MR) is 14.3 cm³/mol. The van der Waals surface area contributed by atoms with Crippen LogP contribution in [0, 0.1) is 0 Å². The van der Waals surface area contributed by atoms with Gasteiger partial charge in [0.2, 0.25) is 0 Å². The Labute approximate surface area is 124 Å². The van der Waals surface area contributed by atoms with E-state index in [1.807, 2.05) is 0 Å². The molecular formula is H2Cl6PbSn-4. The summed E-state index contributed by atoms with van der Waals surface area (Å²) in [5, 5.41) is 0. The molecule has 0 aromatic heterocycles. The van der Waals surface area contributed by atoms with Crippen molar-refractivity contribution in [2.75, 3.05) is 0 Å². The fourth-order valence-corrected chi connectivity index (χ4v) is 0. The van der Waals surface area contributed by atoms with Crippen LogP contribution in [-0.4, -0.2) is 51.2 Å². The average Bonchev–Trinajstić information content (AvgIpc) is 0. The summed E-state index contributed by atoms with van der Waals surface area (Å²) in [5.41, 5.74) is 0. The monoisotopic (exact) mass is 540 g/mol. The third-order valence-corrected chi connectivity index (χ3v) is 0. The van der Waals surface area contributed by atoms with Crippen LogP contribution in [0.4, 0.5) is 0 Å². The van der Waals surface area contributed by atoms with E-state index in [9.17, 15) is 0 Å². The first-order valence-electron chi connectivity index (χ1n) is 0.